The van der Waals surface area contributed by atoms with E-state index in [0.717, 1.165) is 12.8 Å². The smallest absolute Gasteiger partial charge is 0.192 e. The molecule has 2 nitrogen and oxygen atoms in total. The lowest BCUT2D eigenvalue weighted by Crippen LogP contribution is -2.46. The molecular formula is C19H34O2Si. The maximum absolute atomic E-state index is 11.2. The van der Waals surface area contributed by atoms with E-state index in [2.05, 4.69) is 54.6 Å². The van der Waals surface area contributed by atoms with E-state index in [1.54, 1.807) is 13.0 Å². The predicted molar refractivity (Wildman–Crippen MR) is 97.6 cm³/mol. The number of carbonyl (C=O) groups excluding carboxylic acids is 1. The molecule has 3 heteroatoms. The van der Waals surface area contributed by atoms with E-state index in [1.165, 1.54) is 11.1 Å². The summed E-state index contributed by atoms with van der Waals surface area (Å²) in [4.78, 5) is 11.2. The van der Waals surface area contributed by atoms with Gasteiger partial charge in [-0.15, -0.1) is 0 Å². The molecule has 0 amide bonds. The molecule has 0 N–H and O–H groups in total. The first-order valence-corrected chi connectivity index (χ1v) is 11.2. The van der Waals surface area contributed by atoms with Gasteiger partial charge >= 0.3 is 0 Å². The summed E-state index contributed by atoms with van der Waals surface area (Å²) in [7, 11) is -1.74. The van der Waals surface area contributed by atoms with Crippen LogP contribution in [0.25, 0.3) is 0 Å². The second kappa shape index (κ2) is 6.44. The van der Waals surface area contributed by atoms with Crippen LogP contribution in [0.4, 0.5) is 0 Å². The third-order valence-corrected chi connectivity index (χ3v) is 9.75. The maximum Gasteiger partial charge on any atom is 0.192 e. The minimum atomic E-state index is -1.74. The zero-order chi connectivity index (χ0) is 17.3. The molecule has 1 aliphatic carbocycles. The molecule has 1 unspecified atom stereocenters. The van der Waals surface area contributed by atoms with E-state index < -0.39 is 8.32 Å². The Balaban J connectivity index is 2.99. The van der Waals surface area contributed by atoms with Crippen molar-refractivity contribution in [2.45, 2.75) is 85.5 Å². The fourth-order valence-electron chi connectivity index (χ4n) is 3.03. The maximum atomic E-state index is 11.2. The van der Waals surface area contributed by atoms with Crippen LogP contribution in [0.1, 0.15) is 61.3 Å². The molecule has 0 radical (unpaired) electrons. The van der Waals surface area contributed by atoms with Crippen LogP contribution in [0.15, 0.2) is 23.3 Å². The van der Waals surface area contributed by atoms with Crippen LogP contribution in [0.5, 0.6) is 0 Å². The SMILES string of the molecule is CC(=O)C=CC1=C(C)CC(O[Si](C)(C)C(C)(C)C)CC1(C)C. The van der Waals surface area contributed by atoms with Crippen LogP contribution in [0, 0.1) is 5.41 Å². The molecular weight excluding hydrogens is 288 g/mol. The van der Waals surface area contributed by atoms with Gasteiger partial charge in [0.1, 0.15) is 0 Å². The number of ketones is 1. The lowest BCUT2D eigenvalue weighted by atomic mass is 9.71. The Bertz CT molecular complexity index is 490. The van der Waals surface area contributed by atoms with E-state index in [4.69, 9.17) is 4.43 Å². The van der Waals surface area contributed by atoms with Gasteiger partial charge in [0.15, 0.2) is 14.1 Å². The zero-order valence-electron chi connectivity index (χ0n) is 16.0. The van der Waals surface area contributed by atoms with Gasteiger partial charge in [-0.25, -0.2) is 0 Å². The quantitative estimate of drug-likeness (QED) is 0.493. The standard InChI is InChI=1S/C19H34O2Si/c1-14-12-16(21-22(8,9)18(3,4)5)13-19(6,7)17(14)11-10-15(2)20/h10-11,16H,12-13H2,1-9H3. The summed E-state index contributed by atoms with van der Waals surface area (Å²) < 4.78 is 6.64. The van der Waals surface area contributed by atoms with Gasteiger partial charge in [-0.2, -0.15) is 0 Å². The van der Waals surface area contributed by atoms with Crippen LogP contribution >= 0.6 is 0 Å². The first-order valence-electron chi connectivity index (χ1n) is 8.33. The number of hydrogen-bond donors (Lipinski definition) is 0. The Morgan fingerprint density at radius 2 is 1.86 bits per heavy atom. The molecule has 1 atom stereocenters. The van der Waals surface area contributed by atoms with Gasteiger partial charge in [0, 0.05) is 6.10 Å². The molecule has 0 saturated carbocycles. The second-order valence-corrected chi connectivity index (χ2v) is 13.7. The van der Waals surface area contributed by atoms with E-state index >= 15 is 0 Å². The van der Waals surface area contributed by atoms with Gasteiger partial charge in [0.25, 0.3) is 0 Å². The Morgan fingerprint density at radius 1 is 1.32 bits per heavy atom. The van der Waals surface area contributed by atoms with Crippen LogP contribution < -0.4 is 0 Å². The minimum absolute atomic E-state index is 0.0569. The van der Waals surface area contributed by atoms with Crippen molar-refractivity contribution in [2.24, 2.45) is 5.41 Å². The second-order valence-electron chi connectivity index (χ2n) is 8.93. The third kappa shape index (κ3) is 4.66. The van der Waals surface area contributed by atoms with Crippen molar-refractivity contribution in [2.75, 3.05) is 0 Å². The first kappa shape index (κ1) is 19.4. The molecule has 1 rings (SSSR count). The van der Waals surface area contributed by atoms with E-state index in [-0.39, 0.29) is 16.2 Å². The molecule has 0 aromatic rings. The first-order chi connectivity index (χ1) is 9.76. The summed E-state index contributed by atoms with van der Waals surface area (Å²) in [5.41, 5.74) is 2.72. The van der Waals surface area contributed by atoms with E-state index in [0.29, 0.717) is 6.10 Å². The van der Waals surface area contributed by atoms with Gasteiger partial charge in [-0.05, 0) is 61.9 Å². The molecule has 0 heterocycles. The van der Waals surface area contributed by atoms with Crippen LogP contribution in [0.2, 0.25) is 18.1 Å². The molecule has 0 aliphatic heterocycles. The fraction of sp³-hybridized carbons (Fsp3) is 0.737. The largest absolute Gasteiger partial charge is 0.414 e. The Hall–Kier alpha value is -0.673. The van der Waals surface area contributed by atoms with Crippen molar-refractivity contribution in [1.29, 1.82) is 0 Å². The van der Waals surface area contributed by atoms with Crippen molar-refractivity contribution in [3.05, 3.63) is 23.3 Å². The van der Waals surface area contributed by atoms with Crippen LogP contribution in [-0.4, -0.2) is 20.2 Å². The van der Waals surface area contributed by atoms with Crippen molar-refractivity contribution < 1.29 is 9.22 Å². The Morgan fingerprint density at radius 3 is 2.27 bits per heavy atom. The third-order valence-electron chi connectivity index (χ3n) is 5.21. The molecule has 0 aromatic heterocycles. The normalized spacial score (nSPS) is 23.2. The highest BCUT2D eigenvalue weighted by molar-refractivity contribution is 6.74. The van der Waals surface area contributed by atoms with Crippen LogP contribution in [0.3, 0.4) is 0 Å². The minimum Gasteiger partial charge on any atom is -0.414 e. The molecule has 0 fully saturated rings. The highest BCUT2D eigenvalue weighted by Gasteiger charge is 2.42. The highest BCUT2D eigenvalue weighted by atomic mass is 28.4. The Kier molecular flexibility index (Phi) is 5.67. The van der Waals surface area contributed by atoms with Gasteiger partial charge in [-0.3, -0.25) is 4.79 Å². The lowest BCUT2D eigenvalue weighted by molar-refractivity contribution is -0.112. The Labute approximate surface area is 138 Å². The zero-order valence-corrected chi connectivity index (χ0v) is 17.0. The molecule has 126 valence electrons. The lowest BCUT2D eigenvalue weighted by Gasteiger charge is -2.44. The highest BCUT2D eigenvalue weighted by Crippen LogP contribution is 2.45. The summed E-state index contributed by atoms with van der Waals surface area (Å²) in [6.07, 6.45) is 6.00. The predicted octanol–water partition coefficient (Wildman–Crippen LogP) is 5.66. The summed E-state index contributed by atoms with van der Waals surface area (Å²) >= 11 is 0. The van der Waals surface area contributed by atoms with E-state index in [9.17, 15) is 4.79 Å². The van der Waals surface area contributed by atoms with Gasteiger partial charge in [0.2, 0.25) is 0 Å². The van der Waals surface area contributed by atoms with Crippen LogP contribution in [-0.2, 0) is 9.22 Å². The van der Waals surface area contributed by atoms with Gasteiger partial charge < -0.3 is 4.43 Å². The van der Waals surface area contributed by atoms with E-state index in [1.807, 2.05) is 6.08 Å². The molecule has 0 aromatic carbocycles. The molecule has 0 saturated heterocycles. The molecule has 1 aliphatic rings. The number of hydrogen-bond acceptors (Lipinski definition) is 2. The van der Waals surface area contributed by atoms with Crippen molar-refractivity contribution >= 4 is 14.1 Å². The fourth-order valence-corrected chi connectivity index (χ4v) is 4.38. The average molecular weight is 323 g/mol. The van der Waals surface area contributed by atoms with Crippen molar-refractivity contribution in [3.8, 4) is 0 Å². The summed E-state index contributed by atoms with van der Waals surface area (Å²) in [6, 6.07) is 0. The number of allylic oxidation sites excluding steroid dienone is 3. The molecule has 0 bridgehead atoms. The summed E-state index contributed by atoms with van der Waals surface area (Å²) in [5, 5.41) is 0.240. The average Bonchev–Trinajstić information content (AvgIpc) is 2.23. The monoisotopic (exact) mass is 322 g/mol. The van der Waals surface area contributed by atoms with Gasteiger partial charge in [0.05, 0.1) is 0 Å². The summed E-state index contributed by atoms with van der Waals surface area (Å²) in [5.74, 6) is 0.107. The van der Waals surface area contributed by atoms with Crippen molar-refractivity contribution in [1.82, 2.24) is 0 Å². The number of carbonyl (C=O) groups is 1. The molecule has 0 spiro atoms. The van der Waals surface area contributed by atoms with Crippen molar-refractivity contribution in [3.63, 3.8) is 0 Å². The topological polar surface area (TPSA) is 26.3 Å². The van der Waals surface area contributed by atoms with Gasteiger partial charge in [-0.1, -0.05) is 46.3 Å². The summed E-state index contributed by atoms with van der Waals surface area (Å²) in [6.45, 7) is 19.8. The number of rotatable bonds is 4. The molecule has 22 heavy (non-hydrogen) atoms.